The van der Waals surface area contributed by atoms with Crippen LogP contribution in [0, 0.1) is 0 Å². The van der Waals surface area contributed by atoms with Gasteiger partial charge in [-0.05, 0) is 13.3 Å². The molecule has 0 radical (unpaired) electrons. The quantitative estimate of drug-likeness (QED) is 0.349. The highest BCUT2D eigenvalue weighted by Gasteiger charge is 2.11. The fourth-order valence-corrected chi connectivity index (χ4v) is 2.11. The van der Waals surface area contributed by atoms with E-state index in [1.807, 2.05) is 6.92 Å². The summed E-state index contributed by atoms with van der Waals surface area (Å²) in [5.41, 5.74) is 0. The first kappa shape index (κ1) is 12.1. The molecule has 0 aromatic heterocycles. The number of rotatable bonds is 7. The molecule has 0 aliphatic heterocycles. The monoisotopic (exact) mass is 190 g/mol. The molecule has 0 unspecified atom stereocenters. The van der Waals surface area contributed by atoms with Crippen molar-refractivity contribution in [1.82, 2.24) is 0 Å². The highest BCUT2D eigenvalue weighted by molar-refractivity contribution is 6.76. The Bertz CT molecular complexity index is 99.2. The summed E-state index contributed by atoms with van der Waals surface area (Å²) >= 11 is 0. The topological polar surface area (TPSA) is 18.5 Å². The maximum absolute atomic E-state index is 5.27. The average molecular weight is 190 g/mol. The Kier molecular flexibility index (Phi) is 6.71. The summed E-state index contributed by atoms with van der Waals surface area (Å²) in [5.74, 6) is 0. The molecule has 0 aliphatic rings. The smallest absolute Gasteiger partial charge is 0.146 e. The predicted molar refractivity (Wildman–Crippen MR) is 55.2 cm³/mol. The molecule has 0 aliphatic carbocycles. The van der Waals surface area contributed by atoms with Gasteiger partial charge in [-0.25, -0.2) is 0 Å². The third-order valence-corrected chi connectivity index (χ3v) is 3.44. The zero-order valence-corrected chi connectivity index (χ0v) is 9.85. The molecule has 0 aromatic rings. The van der Waals surface area contributed by atoms with Crippen molar-refractivity contribution < 1.29 is 9.47 Å². The van der Waals surface area contributed by atoms with Crippen molar-refractivity contribution in [2.75, 3.05) is 20.0 Å². The Labute approximate surface area is 77.3 Å². The van der Waals surface area contributed by atoms with Crippen LogP contribution in [0.2, 0.25) is 25.7 Å². The van der Waals surface area contributed by atoms with Crippen LogP contribution < -0.4 is 0 Å². The Hall–Kier alpha value is 0.137. The summed E-state index contributed by atoms with van der Waals surface area (Å²) in [6.45, 7) is 11.2. The van der Waals surface area contributed by atoms with Gasteiger partial charge in [0.15, 0.2) is 0 Å². The van der Waals surface area contributed by atoms with E-state index in [1.54, 1.807) is 0 Å². The van der Waals surface area contributed by atoms with Gasteiger partial charge in [0.05, 0.1) is 0 Å². The second-order valence-corrected chi connectivity index (χ2v) is 9.80. The van der Waals surface area contributed by atoms with Crippen molar-refractivity contribution >= 4 is 8.07 Å². The highest BCUT2D eigenvalue weighted by Crippen LogP contribution is 2.10. The largest absolute Gasteiger partial charge is 0.356 e. The Morgan fingerprint density at radius 2 is 1.75 bits per heavy atom. The molecule has 0 aromatic carbocycles. The first-order chi connectivity index (χ1) is 5.56. The van der Waals surface area contributed by atoms with Gasteiger partial charge in [0, 0.05) is 21.3 Å². The fraction of sp³-hybridized carbons (Fsp3) is 1.00. The molecule has 12 heavy (non-hydrogen) atoms. The third-order valence-electron chi connectivity index (χ3n) is 1.59. The first-order valence-corrected chi connectivity index (χ1v) is 8.42. The van der Waals surface area contributed by atoms with Crippen LogP contribution >= 0.6 is 0 Å². The SMILES string of the molecule is CCOCOCCC[Si](C)(C)C. The molecule has 0 heterocycles. The van der Waals surface area contributed by atoms with E-state index in [-0.39, 0.29) is 0 Å². The summed E-state index contributed by atoms with van der Waals surface area (Å²) < 4.78 is 10.3. The van der Waals surface area contributed by atoms with E-state index in [0.29, 0.717) is 6.79 Å². The van der Waals surface area contributed by atoms with Crippen molar-refractivity contribution in [2.45, 2.75) is 39.0 Å². The van der Waals surface area contributed by atoms with Gasteiger partial charge in [-0.15, -0.1) is 0 Å². The third kappa shape index (κ3) is 10.1. The average Bonchev–Trinajstić information content (AvgIpc) is 1.94. The maximum atomic E-state index is 5.27. The lowest BCUT2D eigenvalue weighted by Crippen LogP contribution is -2.19. The van der Waals surface area contributed by atoms with Crippen LogP contribution in [0.3, 0.4) is 0 Å². The van der Waals surface area contributed by atoms with Gasteiger partial charge in [-0.2, -0.15) is 0 Å². The molecule has 74 valence electrons. The number of hydrogen-bond donors (Lipinski definition) is 0. The van der Waals surface area contributed by atoms with Crippen LogP contribution in [0.15, 0.2) is 0 Å². The Morgan fingerprint density at radius 3 is 2.25 bits per heavy atom. The summed E-state index contributed by atoms with van der Waals surface area (Å²) in [6.07, 6.45) is 1.18. The molecule has 0 amide bonds. The van der Waals surface area contributed by atoms with Crippen molar-refractivity contribution in [2.24, 2.45) is 0 Å². The van der Waals surface area contributed by atoms with Gasteiger partial charge >= 0.3 is 0 Å². The Morgan fingerprint density at radius 1 is 1.08 bits per heavy atom. The maximum Gasteiger partial charge on any atom is 0.146 e. The van der Waals surface area contributed by atoms with Crippen LogP contribution in [-0.4, -0.2) is 28.1 Å². The van der Waals surface area contributed by atoms with Crippen LogP contribution in [0.1, 0.15) is 13.3 Å². The van der Waals surface area contributed by atoms with Gasteiger partial charge in [0.25, 0.3) is 0 Å². The van der Waals surface area contributed by atoms with E-state index in [2.05, 4.69) is 19.6 Å². The lowest BCUT2D eigenvalue weighted by atomic mass is 10.5. The second kappa shape index (κ2) is 6.63. The van der Waals surface area contributed by atoms with E-state index in [9.17, 15) is 0 Å². The van der Waals surface area contributed by atoms with Crippen LogP contribution in [0.25, 0.3) is 0 Å². The minimum Gasteiger partial charge on any atom is -0.356 e. The minimum atomic E-state index is -0.847. The van der Waals surface area contributed by atoms with Crippen LogP contribution in [0.4, 0.5) is 0 Å². The Balaban J connectivity index is 3.01. The molecule has 0 N–H and O–H groups in total. The summed E-state index contributed by atoms with van der Waals surface area (Å²) in [5, 5.41) is 0. The second-order valence-electron chi connectivity index (χ2n) is 4.18. The number of ether oxygens (including phenoxy) is 2. The van der Waals surface area contributed by atoms with Gasteiger partial charge in [0.2, 0.25) is 0 Å². The van der Waals surface area contributed by atoms with Crippen molar-refractivity contribution in [1.29, 1.82) is 0 Å². The van der Waals surface area contributed by atoms with Crippen molar-refractivity contribution in [3.63, 3.8) is 0 Å². The van der Waals surface area contributed by atoms with E-state index in [4.69, 9.17) is 9.47 Å². The summed E-state index contributed by atoms with van der Waals surface area (Å²) in [7, 11) is -0.847. The molecule has 0 saturated carbocycles. The molecule has 0 fully saturated rings. The molecule has 2 nitrogen and oxygen atoms in total. The van der Waals surface area contributed by atoms with Crippen molar-refractivity contribution in [3.05, 3.63) is 0 Å². The van der Waals surface area contributed by atoms with E-state index in [0.717, 1.165) is 13.2 Å². The van der Waals surface area contributed by atoms with Crippen LogP contribution in [-0.2, 0) is 9.47 Å². The zero-order chi connectivity index (χ0) is 9.45. The molecular formula is C9H22O2Si. The molecule has 0 saturated heterocycles. The highest BCUT2D eigenvalue weighted by atomic mass is 28.3. The van der Waals surface area contributed by atoms with E-state index >= 15 is 0 Å². The lowest BCUT2D eigenvalue weighted by molar-refractivity contribution is -0.0489. The van der Waals surface area contributed by atoms with E-state index < -0.39 is 8.07 Å². The molecule has 0 rings (SSSR count). The first-order valence-electron chi connectivity index (χ1n) is 4.72. The molecule has 0 bridgehead atoms. The zero-order valence-electron chi connectivity index (χ0n) is 8.85. The van der Waals surface area contributed by atoms with Gasteiger partial charge in [0.1, 0.15) is 6.79 Å². The predicted octanol–water partition coefficient (Wildman–Crippen LogP) is 2.73. The van der Waals surface area contributed by atoms with E-state index in [1.165, 1.54) is 12.5 Å². The normalized spacial score (nSPS) is 12.0. The standard InChI is InChI=1S/C9H22O2Si/c1-5-10-9-11-7-6-8-12(2,3)4/h5-9H2,1-4H3. The fourth-order valence-electron chi connectivity index (χ4n) is 0.906. The molecule has 0 spiro atoms. The number of hydrogen-bond acceptors (Lipinski definition) is 2. The van der Waals surface area contributed by atoms with Gasteiger partial charge in [-0.3, -0.25) is 0 Å². The summed E-state index contributed by atoms with van der Waals surface area (Å²) in [6, 6.07) is 1.35. The van der Waals surface area contributed by atoms with Gasteiger partial charge < -0.3 is 9.47 Å². The molecule has 3 heteroatoms. The van der Waals surface area contributed by atoms with Crippen molar-refractivity contribution in [3.8, 4) is 0 Å². The van der Waals surface area contributed by atoms with Crippen LogP contribution in [0.5, 0.6) is 0 Å². The minimum absolute atomic E-state index is 0.461. The molecular weight excluding hydrogens is 168 g/mol. The summed E-state index contributed by atoms with van der Waals surface area (Å²) in [4.78, 5) is 0. The van der Waals surface area contributed by atoms with Gasteiger partial charge in [-0.1, -0.05) is 25.7 Å². The lowest BCUT2D eigenvalue weighted by Gasteiger charge is -2.14. The molecule has 0 atom stereocenters.